The lowest BCUT2D eigenvalue weighted by atomic mass is 10.1. The van der Waals surface area contributed by atoms with Gasteiger partial charge in [-0.25, -0.2) is 4.79 Å². The van der Waals surface area contributed by atoms with Crippen molar-refractivity contribution in [1.82, 2.24) is 10.2 Å². The second kappa shape index (κ2) is 17.0. The number of benzene rings is 2. The fourth-order valence-corrected chi connectivity index (χ4v) is 5.25. The third-order valence-corrected chi connectivity index (χ3v) is 7.50. The average molecular weight is 524 g/mol. The van der Waals surface area contributed by atoms with Gasteiger partial charge in [-0.2, -0.15) is 0 Å². The molecule has 0 unspecified atom stereocenters. The van der Waals surface area contributed by atoms with Gasteiger partial charge >= 0.3 is 6.03 Å². The summed E-state index contributed by atoms with van der Waals surface area (Å²) in [6, 6.07) is 16.3. The Kier molecular flexibility index (Phi) is 13.3. The summed E-state index contributed by atoms with van der Waals surface area (Å²) in [5.74, 6) is 1.86. The molecule has 2 aromatic carbocycles. The number of carbonyl (C=O) groups is 1. The summed E-state index contributed by atoms with van der Waals surface area (Å²) in [6.07, 6.45) is 15.3. The van der Waals surface area contributed by atoms with Gasteiger partial charge in [-0.15, -0.1) is 11.8 Å². The van der Waals surface area contributed by atoms with Gasteiger partial charge in [0.1, 0.15) is 5.75 Å². The number of hydrogen-bond acceptors (Lipinski definition) is 4. The summed E-state index contributed by atoms with van der Waals surface area (Å²) in [7, 11) is 1.67. The lowest BCUT2D eigenvalue weighted by Gasteiger charge is -2.23. The van der Waals surface area contributed by atoms with E-state index in [1.54, 1.807) is 23.7 Å². The lowest BCUT2D eigenvalue weighted by molar-refractivity contribution is 0.248. The molecule has 0 aliphatic carbocycles. The molecule has 2 aromatic rings. The molecule has 6 heteroatoms. The van der Waals surface area contributed by atoms with Crippen LogP contribution in [0.1, 0.15) is 82.3 Å². The number of nitrogens with one attached hydrogen (secondary N) is 1. The molecule has 1 heterocycles. The molecule has 0 bridgehead atoms. The molecule has 0 aromatic heterocycles. The van der Waals surface area contributed by atoms with Crippen LogP contribution in [0.5, 0.6) is 5.75 Å². The van der Waals surface area contributed by atoms with Crippen LogP contribution < -0.4 is 15.0 Å². The van der Waals surface area contributed by atoms with Gasteiger partial charge in [-0.05, 0) is 47.2 Å². The molecule has 5 nitrogen and oxygen atoms in total. The van der Waals surface area contributed by atoms with Gasteiger partial charge in [-0.1, -0.05) is 89.0 Å². The van der Waals surface area contributed by atoms with Crippen LogP contribution >= 0.6 is 11.8 Å². The molecule has 0 fully saturated rings. The first-order valence-corrected chi connectivity index (χ1v) is 15.1. The summed E-state index contributed by atoms with van der Waals surface area (Å²) in [6.45, 7) is 4.37. The van der Waals surface area contributed by atoms with Gasteiger partial charge in [0.25, 0.3) is 0 Å². The quantitative estimate of drug-likeness (QED) is 0.212. The minimum atomic E-state index is -0.122. The molecule has 0 atom stereocenters. The second-order valence-electron chi connectivity index (χ2n) is 9.81. The minimum Gasteiger partial charge on any atom is -0.494 e. The topological polar surface area (TPSA) is 44.8 Å². The molecule has 0 saturated carbocycles. The Morgan fingerprint density at radius 3 is 2.30 bits per heavy atom. The Morgan fingerprint density at radius 1 is 0.946 bits per heavy atom. The van der Waals surface area contributed by atoms with Crippen molar-refractivity contribution in [3.8, 4) is 5.75 Å². The van der Waals surface area contributed by atoms with E-state index in [-0.39, 0.29) is 6.03 Å². The minimum absolute atomic E-state index is 0.122. The Hall–Kier alpha value is -2.60. The summed E-state index contributed by atoms with van der Waals surface area (Å²) in [5.41, 5.74) is 3.16. The number of ether oxygens (including phenoxy) is 1. The normalized spacial score (nSPS) is 12.6. The molecule has 37 heavy (non-hydrogen) atoms. The number of hydrogen-bond donors (Lipinski definition) is 1. The fourth-order valence-electron chi connectivity index (χ4n) is 4.54. The summed E-state index contributed by atoms with van der Waals surface area (Å²) < 4.78 is 6.04. The predicted octanol–water partition coefficient (Wildman–Crippen LogP) is 8.31. The Balaban J connectivity index is 1.43. The van der Waals surface area contributed by atoms with E-state index in [0.717, 1.165) is 42.4 Å². The van der Waals surface area contributed by atoms with Crippen LogP contribution in [0, 0.1) is 0 Å². The Morgan fingerprint density at radius 2 is 1.65 bits per heavy atom. The first kappa shape index (κ1) is 29.0. The molecule has 1 aliphatic rings. The van der Waals surface area contributed by atoms with E-state index in [2.05, 4.69) is 53.0 Å². The first-order valence-electron chi connectivity index (χ1n) is 14.0. The van der Waals surface area contributed by atoms with Gasteiger partial charge < -0.3 is 15.0 Å². The molecule has 0 saturated heterocycles. The van der Waals surface area contributed by atoms with Crippen molar-refractivity contribution in [2.45, 2.75) is 84.2 Å². The number of amides is 2. The zero-order valence-corrected chi connectivity index (χ0v) is 23.6. The van der Waals surface area contributed by atoms with Crippen molar-refractivity contribution in [3.05, 3.63) is 71.3 Å². The predicted molar refractivity (Wildman–Crippen MR) is 158 cm³/mol. The molecule has 0 radical (unpaired) electrons. The highest BCUT2D eigenvalue weighted by Gasteiger charge is 2.16. The molecule has 3 rings (SSSR count). The van der Waals surface area contributed by atoms with E-state index in [1.165, 1.54) is 63.4 Å². The lowest BCUT2D eigenvalue weighted by Crippen LogP contribution is -2.37. The third-order valence-electron chi connectivity index (χ3n) is 6.71. The van der Waals surface area contributed by atoms with Crippen LogP contribution in [0.2, 0.25) is 0 Å². The molecule has 2 amide bonds. The molecular formula is C31H45N3O2S. The van der Waals surface area contributed by atoms with Crippen LogP contribution in [0.3, 0.4) is 0 Å². The zero-order valence-electron chi connectivity index (χ0n) is 22.8. The van der Waals surface area contributed by atoms with E-state index in [1.807, 2.05) is 24.3 Å². The van der Waals surface area contributed by atoms with Crippen LogP contribution in [0.25, 0.3) is 0 Å². The van der Waals surface area contributed by atoms with Crippen LogP contribution in [-0.2, 0) is 13.1 Å². The first-order chi connectivity index (χ1) is 18.2. The van der Waals surface area contributed by atoms with Crippen LogP contribution in [0.15, 0.2) is 60.1 Å². The highest BCUT2D eigenvalue weighted by atomic mass is 32.2. The summed E-state index contributed by atoms with van der Waals surface area (Å²) in [4.78, 5) is 16.8. The number of rotatable bonds is 17. The third kappa shape index (κ3) is 10.7. The molecule has 1 N–H and O–H groups in total. The van der Waals surface area contributed by atoms with Crippen molar-refractivity contribution >= 4 is 23.5 Å². The van der Waals surface area contributed by atoms with Crippen LogP contribution in [-0.4, -0.2) is 30.5 Å². The van der Waals surface area contributed by atoms with Gasteiger partial charge in [0.05, 0.1) is 19.0 Å². The smallest absolute Gasteiger partial charge is 0.321 e. The average Bonchev–Trinajstić information content (AvgIpc) is 3.44. The van der Waals surface area contributed by atoms with Crippen molar-refractivity contribution in [2.24, 2.45) is 0 Å². The van der Waals surface area contributed by atoms with E-state index in [9.17, 15) is 4.79 Å². The molecule has 202 valence electrons. The van der Waals surface area contributed by atoms with Gasteiger partial charge in [-0.3, -0.25) is 4.90 Å². The van der Waals surface area contributed by atoms with Crippen molar-refractivity contribution in [3.63, 3.8) is 0 Å². The number of thioether (sulfide) groups is 1. The maximum absolute atomic E-state index is 12.7. The monoisotopic (exact) mass is 523 g/mol. The highest BCUT2D eigenvalue weighted by Crippen LogP contribution is 2.23. The largest absolute Gasteiger partial charge is 0.494 e. The number of unbranched alkanes of at least 4 members (excludes halogenated alkanes) is 9. The number of urea groups is 1. The zero-order chi connectivity index (χ0) is 26.1. The van der Waals surface area contributed by atoms with E-state index < -0.39 is 0 Å². The fraction of sp³-hybridized carbons (Fsp3) is 0.516. The van der Waals surface area contributed by atoms with E-state index >= 15 is 0 Å². The molecule has 0 spiro atoms. The molecular weight excluding hydrogens is 478 g/mol. The van der Waals surface area contributed by atoms with Gasteiger partial charge in [0.15, 0.2) is 0 Å². The Labute approximate surface area is 228 Å². The second-order valence-corrected chi connectivity index (χ2v) is 10.7. The van der Waals surface area contributed by atoms with Crippen LogP contribution in [0.4, 0.5) is 10.5 Å². The van der Waals surface area contributed by atoms with Gasteiger partial charge in [0, 0.05) is 25.5 Å². The molecule has 1 aliphatic heterocycles. The van der Waals surface area contributed by atoms with Gasteiger partial charge in [0.2, 0.25) is 0 Å². The SMILES string of the molecule is CCCCCCCCCCCCOc1cccc(CN(C(=O)NC)c2ccc(CN3C=CSC3)cc2)c1. The summed E-state index contributed by atoms with van der Waals surface area (Å²) in [5, 5.41) is 4.90. The maximum atomic E-state index is 12.7. The van der Waals surface area contributed by atoms with Crippen molar-refractivity contribution in [2.75, 3.05) is 24.4 Å². The van der Waals surface area contributed by atoms with E-state index in [0.29, 0.717) is 6.54 Å². The summed E-state index contributed by atoms with van der Waals surface area (Å²) >= 11 is 1.80. The van der Waals surface area contributed by atoms with E-state index in [4.69, 9.17) is 4.74 Å². The van der Waals surface area contributed by atoms with Crippen molar-refractivity contribution < 1.29 is 9.53 Å². The number of anilines is 1. The number of nitrogens with zero attached hydrogens (tertiary/aromatic N) is 2. The standard InChI is InChI=1S/C31H45N3O2S/c1-3-4-5-6-7-8-9-10-11-12-21-36-30-15-13-14-28(23-30)25-34(31(35)32-2)29-18-16-27(17-19-29)24-33-20-22-37-26-33/h13-20,22-23H,3-12,21,24-26H2,1-2H3,(H,32,35). The van der Waals surface area contributed by atoms with Crippen molar-refractivity contribution in [1.29, 1.82) is 0 Å². The highest BCUT2D eigenvalue weighted by molar-refractivity contribution is 8.02. The maximum Gasteiger partial charge on any atom is 0.321 e. The Bertz CT molecular complexity index is 948. The number of carbonyl (C=O) groups excluding carboxylic acids is 1.